The summed E-state index contributed by atoms with van der Waals surface area (Å²) in [5, 5.41) is 2.74. The van der Waals surface area contributed by atoms with Gasteiger partial charge in [-0.3, -0.25) is 4.79 Å². The van der Waals surface area contributed by atoms with Gasteiger partial charge >= 0.3 is 0 Å². The van der Waals surface area contributed by atoms with Crippen LogP contribution in [0.4, 0.5) is 0 Å². The topological polar surface area (TPSA) is 46.9 Å². The van der Waals surface area contributed by atoms with E-state index in [1.807, 2.05) is 0 Å². The Balaban J connectivity index is 1.73. The van der Waals surface area contributed by atoms with Crippen molar-refractivity contribution in [2.24, 2.45) is 0 Å². The molecule has 1 aromatic heterocycles. The second kappa shape index (κ2) is 13.3. The minimum absolute atomic E-state index is 0.713. The van der Waals surface area contributed by atoms with Crippen LogP contribution in [0.5, 0.6) is 0 Å². The number of nitrogens with zero attached hydrogens (tertiary/aromatic N) is 2. The van der Waals surface area contributed by atoms with E-state index in [4.69, 9.17) is 4.98 Å². The quantitative estimate of drug-likeness (QED) is 0.307. The largest absolute Gasteiger partial charge is 0.359 e. The highest BCUT2D eigenvalue weighted by atomic mass is 16.1. The fraction of sp³-hybridized carbons (Fsp3) is 0.652. The van der Waals surface area contributed by atoms with E-state index in [1.54, 1.807) is 0 Å². The first-order chi connectivity index (χ1) is 13.4. The van der Waals surface area contributed by atoms with Crippen LogP contribution in [0.1, 0.15) is 83.4 Å². The molecule has 0 fully saturated rings. The van der Waals surface area contributed by atoms with Gasteiger partial charge in [-0.2, -0.15) is 0 Å². The van der Waals surface area contributed by atoms with Crippen LogP contribution in [0.3, 0.4) is 0 Å². The lowest BCUT2D eigenvalue weighted by Crippen LogP contribution is -2.14. The molecule has 27 heavy (non-hydrogen) atoms. The number of carbonyl (C=O) groups is 1. The van der Waals surface area contributed by atoms with Crippen molar-refractivity contribution in [3.05, 3.63) is 30.1 Å². The fourth-order valence-electron chi connectivity index (χ4n) is 3.73. The molecule has 4 nitrogen and oxygen atoms in total. The second-order valence-electron chi connectivity index (χ2n) is 7.53. The first-order valence-electron chi connectivity index (χ1n) is 11.0. The average Bonchev–Trinajstić information content (AvgIpc) is 3.04. The number of hydrogen-bond acceptors (Lipinski definition) is 2. The van der Waals surface area contributed by atoms with E-state index in [9.17, 15) is 4.79 Å². The van der Waals surface area contributed by atoms with Gasteiger partial charge in [-0.05, 0) is 25.0 Å². The molecule has 4 heteroatoms. The normalized spacial score (nSPS) is 11.1. The van der Waals surface area contributed by atoms with E-state index in [2.05, 4.69) is 41.1 Å². The van der Waals surface area contributed by atoms with Crippen molar-refractivity contribution in [1.82, 2.24) is 14.9 Å². The standard InChI is InChI=1S/C23H37N3O/c1-2-3-4-5-6-7-8-9-10-13-19-26-22-16-12-11-15-21(22)25-23(26)17-14-18-24-20-27/h11-12,15-16,20H,2-10,13-14,17-19H2,1H3,(H,24,27). The van der Waals surface area contributed by atoms with Crippen LogP contribution in [0, 0.1) is 0 Å². The maximum absolute atomic E-state index is 10.4. The number of para-hydroxylation sites is 2. The lowest BCUT2D eigenvalue weighted by molar-refractivity contribution is -0.109. The summed E-state index contributed by atoms with van der Waals surface area (Å²) in [6, 6.07) is 8.41. The smallest absolute Gasteiger partial charge is 0.207 e. The van der Waals surface area contributed by atoms with E-state index in [-0.39, 0.29) is 0 Å². The lowest BCUT2D eigenvalue weighted by atomic mass is 10.1. The van der Waals surface area contributed by atoms with Gasteiger partial charge in [0.05, 0.1) is 11.0 Å². The minimum atomic E-state index is 0.713. The molecule has 1 aromatic carbocycles. The van der Waals surface area contributed by atoms with Gasteiger partial charge in [0.2, 0.25) is 6.41 Å². The number of fused-ring (bicyclic) bond motifs is 1. The molecule has 0 aliphatic rings. The Hall–Kier alpha value is -1.84. The van der Waals surface area contributed by atoms with Crippen LogP contribution in [0.25, 0.3) is 11.0 Å². The van der Waals surface area contributed by atoms with Gasteiger partial charge in [0, 0.05) is 19.5 Å². The molecule has 0 spiro atoms. The van der Waals surface area contributed by atoms with Crippen molar-refractivity contribution >= 4 is 17.4 Å². The third kappa shape index (κ3) is 7.74. The average molecular weight is 372 g/mol. The van der Waals surface area contributed by atoms with Gasteiger partial charge in [-0.15, -0.1) is 0 Å². The van der Waals surface area contributed by atoms with Crippen LogP contribution in [0.2, 0.25) is 0 Å². The highest BCUT2D eigenvalue weighted by molar-refractivity contribution is 5.75. The molecule has 150 valence electrons. The number of hydrogen-bond donors (Lipinski definition) is 1. The van der Waals surface area contributed by atoms with Crippen LogP contribution < -0.4 is 5.32 Å². The van der Waals surface area contributed by atoms with Gasteiger partial charge in [0.25, 0.3) is 0 Å². The van der Waals surface area contributed by atoms with Crippen molar-refractivity contribution in [3.8, 4) is 0 Å². The fourth-order valence-corrected chi connectivity index (χ4v) is 3.73. The van der Waals surface area contributed by atoms with Crippen molar-refractivity contribution in [1.29, 1.82) is 0 Å². The molecule has 0 unspecified atom stereocenters. The van der Waals surface area contributed by atoms with Crippen LogP contribution >= 0.6 is 0 Å². The monoisotopic (exact) mass is 371 g/mol. The van der Waals surface area contributed by atoms with Crippen molar-refractivity contribution < 1.29 is 4.79 Å². The summed E-state index contributed by atoms with van der Waals surface area (Å²) in [4.78, 5) is 15.2. The zero-order valence-electron chi connectivity index (χ0n) is 17.1. The number of benzene rings is 1. The van der Waals surface area contributed by atoms with E-state index in [0.29, 0.717) is 6.54 Å². The number of rotatable bonds is 16. The van der Waals surface area contributed by atoms with Crippen LogP contribution in [-0.4, -0.2) is 22.5 Å². The molecule has 1 heterocycles. The lowest BCUT2D eigenvalue weighted by Gasteiger charge is -2.09. The summed E-state index contributed by atoms with van der Waals surface area (Å²) in [6.45, 7) is 4.04. The molecule has 0 radical (unpaired) electrons. The van der Waals surface area contributed by atoms with Gasteiger partial charge in [-0.25, -0.2) is 4.98 Å². The molecule has 0 saturated carbocycles. The van der Waals surface area contributed by atoms with E-state index >= 15 is 0 Å². The number of aromatic nitrogens is 2. The van der Waals surface area contributed by atoms with E-state index in [0.717, 1.165) is 37.1 Å². The predicted molar refractivity (Wildman–Crippen MR) is 114 cm³/mol. The van der Waals surface area contributed by atoms with Crippen molar-refractivity contribution in [2.45, 2.75) is 90.5 Å². The Morgan fingerprint density at radius 3 is 2.30 bits per heavy atom. The SMILES string of the molecule is CCCCCCCCCCCCn1c(CCCNC=O)nc2ccccc21. The molecule has 0 bridgehead atoms. The Bertz CT molecular complexity index is 650. The Morgan fingerprint density at radius 1 is 0.926 bits per heavy atom. The van der Waals surface area contributed by atoms with Crippen molar-refractivity contribution in [3.63, 3.8) is 0 Å². The summed E-state index contributed by atoms with van der Waals surface area (Å²) >= 11 is 0. The van der Waals surface area contributed by atoms with Crippen LogP contribution in [-0.2, 0) is 17.8 Å². The number of nitrogens with one attached hydrogen (secondary N) is 1. The number of amides is 1. The zero-order chi connectivity index (χ0) is 19.2. The molecular weight excluding hydrogens is 334 g/mol. The molecule has 0 atom stereocenters. The third-order valence-corrected chi connectivity index (χ3v) is 5.27. The highest BCUT2D eigenvalue weighted by Gasteiger charge is 2.09. The molecule has 0 aliphatic carbocycles. The van der Waals surface area contributed by atoms with Gasteiger partial charge in [0.1, 0.15) is 5.82 Å². The number of unbranched alkanes of at least 4 members (excludes halogenated alkanes) is 9. The second-order valence-corrected chi connectivity index (χ2v) is 7.53. The summed E-state index contributed by atoms with van der Waals surface area (Å²) in [7, 11) is 0. The van der Waals surface area contributed by atoms with Crippen LogP contribution in [0.15, 0.2) is 24.3 Å². The van der Waals surface area contributed by atoms with Gasteiger partial charge < -0.3 is 9.88 Å². The van der Waals surface area contributed by atoms with Gasteiger partial charge in [-0.1, -0.05) is 76.8 Å². The highest BCUT2D eigenvalue weighted by Crippen LogP contribution is 2.19. The Morgan fingerprint density at radius 2 is 1.59 bits per heavy atom. The molecule has 2 rings (SSSR count). The molecule has 0 aliphatic heterocycles. The van der Waals surface area contributed by atoms with Crippen molar-refractivity contribution in [2.75, 3.05) is 6.54 Å². The Labute approximate surface area is 164 Å². The zero-order valence-corrected chi connectivity index (χ0v) is 17.1. The Kier molecular flexibility index (Phi) is 10.6. The first-order valence-corrected chi connectivity index (χ1v) is 11.0. The summed E-state index contributed by atoms with van der Waals surface area (Å²) in [5.41, 5.74) is 2.33. The molecule has 1 amide bonds. The molecule has 2 aromatic rings. The number of aryl methyl sites for hydroxylation is 2. The number of imidazole rings is 1. The third-order valence-electron chi connectivity index (χ3n) is 5.27. The molecule has 0 saturated heterocycles. The maximum atomic E-state index is 10.4. The molecule has 1 N–H and O–H groups in total. The van der Waals surface area contributed by atoms with Gasteiger partial charge in [0.15, 0.2) is 0 Å². The molecular formula is C23H37N3O. The summed E-state index contributed by atoms with van der Waals surface area (Å²) < 4.78 is 2.39. The predicted octanol–water partition coefficient (Wildman–Crippen LogP) is 5.64. The minimum Gasteiger partial charge on any atom is -0.359 e. The number of carbonyl (C=O) groups excluding carboxylic acids is 1. The maximum Gasteiger partial charge on any atom is 0.207 e. The van der Waals surface area contributed by atoms with E-state index in [1.165, 1.54) is 69.7 Å². The first kappa shape index (κ1) is 21.5. The summed E-state index contributed by atoms with van der Waals surface area (Å²) in [5.74, 6) is 1.15. The summed E-state index contributed by atoms with van der Waals surface area (Å²) in [6.07, 6.45) is 16.2. The van der Waals surface area contributed by atoms with E-state index < -0.39 is 0 Å².